The van der Waals surface area contributed by atoms with E-state index in [4.69, 9.17) is 0 Å². The Morgan fingerprint density at radius 1 is 1.13 bits per heavy atom. The first-order valence-electron chi connectivity index (χ1n) is 5.78. The quantitative estimate of drug-likeness (QED) is 0.522. The highest BCUT2D eigenvalue weighted by atomic mass is 16.2. The van der Waals surface area contributed by atoms with Gasteiger partial charge in [-0.15, -0.1) is 0 Å². The summed E-state index contributed by atoms with van der Waals surface area (Å²) in [6.45, 7) is 4.09. The fraction of sp³-hybridized carbons (Fsp3) is 0.818. The van der Waals surface area contributed by atoms with Gasteiger partial charge in [0.25, 0.3) is 5.91 Å². The Labute approximate surface area is 90.8 Å². The first kappa shape index (κ1) is 12.0. The van der Waals surface area contributed by atoms with E-state index < -0.39 is 5.54 Å². The van der Waals surface area contributed by atoms with Crippen molar-refractivity contribution in [2.75, 3.05) is 0 Å². The van der Waals surface area contributed by atoms with Crippen molar-refractivity contribution in [1.29, 1.82) is 0 Å². The van der Waals surface area contributed by atoms with E-state index in [9.17, 15) is 9.59 Å². The van der Waals surface area contributed by atoms with E-state index in [1.54, 1.807) is 0 Å². The van der Waals surface area contributed by atoms with Crippen LogP contribution in [0.3, 0.4) is 0 Å². The van der Waals surface area contributed by atoms with Crippen LogP contribution in [0, 0.1) is 0 Å². The van der Waals surface area contributed by atoms with E-state index in [1.165, 1.54) is 12.8 Å². The zero-order valence-electron chi connectivity index (χ0n) is 9.56. The van der Waals surface area contributed by atoms with Gasteiger partial charge in [0.15, 0.2) is 0 Å². The summed E-state index contributed by atoms with van der Waals surface area (Å²) >= 11 is 0. The Kier molecular flexibility index (Phi) is 4.12. The lowest BCUT2D eigenvalue weighted by molar-refractivity contribution is -0.124. The molecule has 2 N–H and O–H groups in total. The molecule has 1 unspecified atom stereocenters. The number of nitrogens with one attached hydrogen (secondary N) is 2. The van der Waals surface area contributed by atoms with Gasteiger partial charge in [-0.3, -0.25) is 10.1 Å². The van der Waals surface area contributed by atoms with Gasteiger partial charge in [-0.1, -0.05) is 39.5 Å². The van der Waals surface area contributed by atoms with E-state index in [2.05, 4.69) is 17.6 Å². The van der Waals surface area contributed by atoms with Crippen LogP contribution in [-0.4, -0.2) is 17.5 Å². The van der Waals surface area contributed by atoms with E-state index in [0.29, 0.717) is 6.42 Å². The molecule has 0 spiro atoms. The lowest BCUT2D eigenvalue weighted by atomic mass is 9.89. The van der Waals surface area contributed by atoms with Gasteiger partial charge in [-0.2, -0.15) is 0 Å². The summed E-state index contributed by atoms with van der Waals surface area (Å²) in [4.78, 5) is 22.7. The second kappa shape index (κ2) is 5.14. The lowest BCUT2D eigenvalue weighted by Gasteiger charge is -2.23. The van der Waals surface area contributed by atoms with Crippen molar-refractivity contribution in [2.45, 2.75) is 57.9 Å². The molecule has 0 radical (unpaired) electrons. The summed E-state index contributed by atoms with van der Waals surface area (Å²) in [6, 6.07) is -0.350. The average Bonchev–Trinajstić information content (AvgIpc) is 2.49. The predicted octanol–water partition coefficient (Wildman–Crippen LogP) is 1.94. The topological polar surface area (TPSA) is 58.2 Å². The average molecular weight is 212 g/mol. The van der Waals surface area contributed by atoms with Gasteiger partial charge in [0, 0.05) is 0 Å². The van der Waals surface area contributed by atoms with Crippen molar-refractivity contribution in [3.63, 3.8) is 0 Å². The van der Waals surface area contributed by atoms with Crippen LogP contribution < -0.4 is 10.6 Å². The molecule has 1 rings (SSSR count). The zero-order valence-corrected chi connectivity index (χ0v) is 9.56. The molecule has 1 atom stereocenters. The Bertz CT molecular complexity index is 253. The third-order valence-electron chi connectivity index (χ3n) is 3.08. The fourth-order valence-electron chi connectivity index (χ4n) is 1.98. The molecule has 0 bridgehead atoms. The molecule has 3 amide bonds. The molecule has 0 aromatic carbocycles. The molecule has 4 nitrogen and oxygen atoms in total. The zero-order chi connectivity index (χ0) is 11.3. The smallest absolute Gasteiger partial charge is 0.322 e. The predicted molar refractivity (Wildman–Crippen MR) is 58.5 cm³/mol. The highest BCUT2D eigenvalue weighted by molar-refractivity contribution is 6.06. The van der Waals surface area contributed by atoms with Gasteiger partial charge in [0.05, 0.1) is 0 Å². The van der Waals surface area contributed by atoms with Crippen LogP contribution in [0.25, 0.3) is 0 Å². The van der Waals surface area contributed by atoms with Crippen LogP contribution in [-0.2, 0) is 4.79 Å². The maximum Gasteiger partial charge on any atom is 0.322 e. The van der Waals surface area contributed by atoms with Crippen molar-refractivity contribution in [1.82, 2.24) is 10.6 Å². The minimum absolute atomic E-state index is 0.161. The van der Waals surface area contributed by atoms with Gasteiger partial charge in [-0.05, 0) is 12.8 Å². The number of imide groups is 1. The van der Waals surface area contributed by atoms with Crippen molar-refractivity contribution >= 4 is 11.9 Å². The molecule has 86 valence electrons. The van der Waals surface area contributed by atoms with Crippen molar-refractivity contribution < 1.29 is 9.59 Å². The number of urea groups is 1. The Balaban J connectivity index is 2.46. The summed E-state index contributed by atoms with van der Waals surface area (Å²) in [6.07, 6.45) is 5.90. The van der Waals surface area contributed by atoms with Crippen LogP contribution in [0.4, 0.5) is 4.79 Å². The molecule has 4 heteroatoms. The summed E-state index contributed by atoms with van der Waals surface area (Å²) < 4.78 is 0. The molecule has 15 heavy (non-hydrogen) atoms. The summed E-state index contributed by atoms with van der Waals surface area (Å²) in [7, 11) is 0. The maximum absolute atomic E-state index is 11.6. The van der Waals surface area contributed by atoms with Gasteiger partial charge < -0.3 is 5.32 Å². The number of rotatable bonds is 6. The summed E-state index contributed by atoms with van der Waals surface area (Å²) in [5.41, 5.74) is -0.634. The van der Waals surface area contributed by atoms with Crippen molar-refractivity contribution in [3.05, 3.63) is 0 Å². The normalized spacial score (nSPS) is 25.2. The Morgan fingerprint density at radius 3 is 2.33 bits per heavy atom. The van der Waals surface area contributed by atoms with E-state index >= 15 is 0 Å². The van der Waals surface area contributed by atoms with Gasteiger partial charge >= 0.3 is 6.03 Å². The van der Waals surface area contributed by atoms with Gasteiger partial charge in [0.1, 0.15) is 5.54 Å². The number of amides is 3. The van der Waals surface area contributed by atoms with Crippen LogP contribution in [0.2, 0.25) is 0 Å². The minimum Gasteiger partial charge on any atom is -0.323 e. The number of hydrogen-bond donors (Lipinski definition) is 2. The number of hydrogen-bond acceptors (Lipinski definition) is 2. The molecule has 1 heterocycles. The minimum atomic E-state index is -0.634. The second-order valence-electron chi connectivity index (χ2n) is 4.15. The Hall–Kier alpha value is -1.06. The molecule has 0 saturated carbocycles. The highest BCUT2D eigenvalue weighted by Crippen LogP contribution is 2.22. The standard InChI is InChI=1S/C11H20N2O2/c1-3-5-6-7-8-11(4-2)9(14)12-10(15)13-11/h3-8H2,1-2H3,(H2,12,13,14,15). The SMILES string of the molecule is CCCCCCC1(CC)NC(=O)NC1=O. The van der Waals surface area contributed by atoms with Gasteiger partial charge in [-0.25, -0.2) is 4.79 Å². The molecule has 1 fully saturated rings. The fourth-order valence-corrected chi connectivity index (χ4v) is 1.98. The molecule has 1 aliphatic heterocycles. The molecule has 1 aliphatic rings. The van der Waals surface area contributed by atoms with Gasteiger partial charge in [0.2, 0.25) is 0 Å². The van der Waals surface area contributed by atoms with Crippen molar-refractivity contribution in [2.24, 2.45) is 0 Å². The van der Waals surface area contributed by atoms with Crippen LogP contribution in [0.1, 0.15) is 52.4 Å². The van der Waals surface area contributed by atoms with E-state index in [0.717, 1.165) is 19.3 Å². The Morgan fingerprint density at radius 2 is 1.87 bits per heavy atom. The van der Waals surface area contributed by atoms with Crippen LogP contribution >= 0.6 is 0 Å². The van der Waals surface area contributed by atoms with E-state index in [-0.39, 0.29) is 11.9 Å². The van der Waals surface area contributed by atoms with E-state index in [1.807, 2.05) is 6.92 Å². The molecule has 1 saturated heterocycles. The van der Waals surface area contributed by atoms with Crippen LogP contribution in [0.15, 0.2) is 0 Å². The molecule has 0 aromatic rings. The maximum atomic E-state index is 11.6. The third-order valence-corrected chi connectivity index (χ3v) is 3.08. The number of unbranched alkanes of at least 4 members (excludes halogenated alkanes) is 3. The van der Waals surface area contributed by atoms with Crippen molar-refractivity contribution in [3.8, 4) is 0 Å². The molecule has 0 aliphatic carbocycles. The number of carbonyl (C=O) groups is 2. The third kappa shape index (κ3) is 2.70. The molecular weight excluding hydrogens is 192 g/mol. The molecule has 0 aromatic heterocycles. The lowest BCUT2D eigenvalue weighted by Crippen LogP contribution is -2.46. The van der Waals surface area contributed by atoms with Crippen LogP contribution in [0.5, 0.6) is 0 Å². The summed E-state index contributed by atoms with van der Waals surface area (Å²) in [5.74, 6) is -0.161. The largest absolute Gasteiger partial charge is 0.323 e. The number of carbonyl (C=O) groups excluding carboxylic acids is 2. The summed E-state index contributed by atoms with van der Waals surface area (Å²) in [5, 5.41) is 5.05. The first-order chi connectivity index (χ1) is 7.14. The molecular formula is C11H20N2O2. The monoisotopic (exact) mass is 212 g/mol. The first-order valence-corrected chi connectivity index (χ1v) is 5.78. The highest BCUT2D eigenvalue weighted by Gasteiger charge is 2.43. The second-order valence-corrected chi connectivity index (χ2v) is 4.15.